The number of hydrogen-bond acceptors (Lipinski definition) is 7. The minimum atomic E-state index is -0.398. The van der Waals surface area contributed by atoms with Crippen LogP contribution in [0.15, 0.2) is 28.7 Å². The van der Waals surface area contributed by atoms with Crippen LogP contribution in [0.5, 0.6) is 0 Å². The highest BCUT2D eigenvalue weighted by Gasteiger charge is 2.27. The third-order valence-electron chi connectivity index (χ3n) is 3.55. The molecule has 0 unspecified atom stereocenters. The first-order valence-corrected chi connectivity index (χ1v) is 8.83. The molecule has 8 nitrogen and oxygen atoms in total. The van der Waals surface area contributed by atoms with Gasteiger partial charge in [-0.1, -0.05) is 22.9 Å². The number of carbonyl (C=O) groups is 1. The minimum absolute atomic E-state index is 0.112. The fraction of sp³-hybridized carbons (Fsp3) is 0.267. The molecule has 1 aromatic carbocycles. The Hall–Kier alpha value is -2.52. The standard InChI is InChI=1S/C15H13ClN6O2S/c16-10-5-3-8(4-6-10)12-20-19-11(24-12)7-17-14(23)18-15-22-21-13(25-15)9-1-2-9/h3-6,9H,1-2,7H2,(H2,17,18,22,23). The number of urea groups is 1. The molecule has 0 spiro atoms. The molecule has 1 fully saturated rings. The van der Waals surface area contributed by atoms with Crippen LogP contribution in [0.1, 0.15) is 29.7 Å². The van der Waals surface area contributed by atoms with E-state index in [1.165, 1.54) is 11.3 Å². The molecular weight excluding hydrogens is 364 g/mol. The van der Waals surface area contributed by atoms with Crippen molar-refractivity contribution in [2.75, 3.05) is 5.32 Å². The fourth-order valence-corrected chi connectivity index (χ4v) is 3.15. The Morgan fingerprint density at radius 2 is 2.00 bits per heavy atom. The van der Waals surface area contributed by atoms with Gasteiger partial charge in [-0.3, -0.25) is 5.32 Å². The maximum absolute atomic E-state index is 11.9. The lowest BCUT2D eigenvalue weighted by Gasteiger charge is -2.01. The van der Waals surface area contributed by atoms with Crippen LogP contribution in [0.25, 0.3) is 11.5 Å². The molecule has 0 bridgehead atoms. The summed E-state index contributed by atoms with van der Waals surface area (Å²) in [6.07, 6.45) is 2.29. The van der Waals surface area contributed by atoms with E-state index < -0.39 is 6.03 Å². The highest BCUT2D eigenvalue weighted by atomic mass is 35.5. The molecule has 1 saturated carbocycles. The zero-order chi connectivity index (χ0) is 17.2. The van der Waals surface area contributed by atoms with E-state index in [0.717, 1.165) is 23.4 Å². The summed E-state index contributed by atoms with van der Waals surface area (Å²) in [6, 6.07) is 6.65. The van der Waals surface area contributed by atoms with Gasteiger partial charge >= 0.3 is 6.03 Å². The van der Waals surface area contributed by atoms with Crippen LogP contribution in [0.4, 0.5) is 9.93 Å². The lowest BCUT2D eigenvalue weighted by Crippen LogP contribution is -2.28. The second-order valence-electron chi connectivity index (χ2n) is 5.54. The third-order valence-corrected chi connectivity index (χ3v) is 4.80. The molecule has 25 heavy (non-hydrogen) atoms. The normalized spacial score (nSPS) is 13.6. The maximum Gasteiger partial charge on any atom is 0.321 e. The number of nitrogens with one attached hydrogen (secondary N) is 2. The summed E-state index contributed by atoms with van der Waals surface area (Å²) in [5.41, 5.74) is 0.758. The van der Waals surface area contributed by atoms with Crippen molar-refractivity contribution < 1.29 is 9.21 Å². The number of nitrogens with zero attached hydrogens (tertiary/aromatic N) is 4. The molecule has 0 atom stereocenters. The number of halogens is 1. The molecule has 4 rings (SSSR count). The van der Waals surface area contributed by atoms with E-state index in [2.05, 4.69) is 31.0 Å². The predicted octanol–water partition coefficient (Wildman–Crippen LogP) is 3.44. The van der Waals surface area contributed by atoms with Gasteiger partial charge in [0.1, 0.15) is 5.01 Å². The van der Waals surface area contributed by atoms with Gasteiger partial charge in [-0.25, -0.2) is 4.79 Å². The molecule has 2 N–H and O–H groups in total. The first kappa shape index (κ1) is 16.0. The van der Waals surface area contributed by atoms with Gasteiger partial charge in [0.25, 0.3) is 0 Å². The Labute approximate surface area is 151 Å². The molecule has 1 aliphatic rings. The summed E-state index contributed by atoms with van der Waals surface area (Å²) in [5, 5.41) is 23.3. The molecule has 0 saturated heterocycles. The fourth-order valence-electron chi connectivity index (χ4n) is 2.11. The van der Waals surface area contributed by atoms with E-state index in [9.17, 15) is 4.79 Å². The third kappa shape index (κ3) is 3.94. The van der Waals surface area contributed by atoms with Crippen molar-refractivity contribution in [3.8, 4) is 11.5 Å². The number of amides is 2. The van der Waals surface area contributed by atoms with Gasteiger partial charge in [-0.2, -0.15) is 0 Å². The average Bonchev–Trinajstić information content (AvgIpc) is 3.17. The van der Waals surface area contributed by atoms with Gasteiger partial charge in [0, 0.05) is 16.5 Å². The van der Waals surface area contributed by atoms with E-state index in [-0.39, 0.29) is 6.54 Å². The van der Waals surface area contributed by atoms with Crippen molar-refractivity contribution in [3.05, 3.63) is 40.2 Å². The Morgan fingerprint density at radius 3 is 2.76 bits per heavy atom. The molecule has 10 heteroatoms. The first-order chi connectivity index (χ1) is 12.2. The molecule has 128 valence electrons. The van der Waals surface area contributed by atoms with Gasteiger partial charge in [-0.15, -0.1) is 20.4 Å². The van der Waals surface area contributed by atoms with Crippen molar-refractivity contribution >= 4 is 34.1 Å². The maximum atomic E-state index is 11.9. The van der Waals surface area contributed by atoms with E-state index in [1.54, 1.807) is 24.3 Å². The molecular formula is C15H13ClN6O2S. The van der Waals surface area contributed by atoms with Gasteiger partial charge in [0.2, 0.25) is 16.9 Å². The lowest BCUT2D eigenvalue weighted by atomic mass is 10.2. The largest absolute Gasteiger partial charge is 0.419 e. The molecule has 2 amide bonds. The molecule has 1 aliphatic carbocycles. The van der Waals surface area contributed by atoms with E-state index in [1.807, 2.05) is 0 Å². The second-order valence-corrected chi connectivity index (χ2v) is 6.98. The quantitative estimate of drug-likeness (QED) is 0.706. The Morgan fingerprint density at radius 1 is 1.20 bits per heavy atom. The smallest absolute Gasteiger partial charge is 0.321 e. The Kier molecular flexibility index (Phi) is 4.33. The van der Waals surface area contributed by atoms with E-state index in [4.69, 9.17) is 16.0 Å². The summed E-state index contributed by atoms with van der Waals surface area (Å²) < 4.78 is 5.52. The summed E-state index contributed by atoms with van der Waals surface area (Å²) >= 11 is 7.25. The van der Waals surface area contributed by atoms with Crippen molar-refractivity contribution in [1.82, 2.24) is 25.7 Å². The number of carbonyl (C=O) groups excluding carboxylic acids is 1. The zero-order valence-electron chi connectivity index (χ0n) is 12.9. The average molecular weight is 377 g/mol. The predicted molar refractivity (Wildman–Crippen MR) is 92.5 cm³/mol. The van der Waals surface area contributed by atoms with Crippen molar-refractivity contribution in [3.63, 3.8) is 0 Å². The van der Waals surface area contributed by atoms with Crippen LogP contribution < -0.4 is 10.6 Å². The molecule has 0 radical (unpaired) electrons. The van der Waals surface area contributed by atoms with Crippen molar-refractivity contribution in [2.45, 2.75) is 25.3 Å². The van der Waals surface area contributed by atoms with Crippen LogP contribution in [0, 0.1) is 0 Å². The molecule has 2 heterocycles. The Bertz CT molecular complexity index is 890. The highest BCUT2D eigenvalue weighted by Crippen LogP contribution is 2.41. The number of rotatable bonds is 5. The summed E-state index contributed by atoms with van der Waals surface area (Å²) in [4.78, 5) is 11.9. The monoisotopic (exact) mass is 376 g/mol. The zero-order valence-corrected chi connectivity index (χ0v) is 14.5. The van der Waals surface area contributed by atoms with Crippen LogP contribution in [0.2, 0.25) is 5.02 Å². The van der Waals surface area contributed by atoms with Crippen LogP contribution >= 0.6 is 22.9 Å². The SMILES string of the molecule is O=C(NCc1nnc(-c2ccc(Cl)cc2)o1)Nc1nnc(C2CC2)s1. The van der Waals surface area contributed by atoms with E-state index in [0.29, 0.717) is 27.9 Å². The van der Waals surface area contributed by atoms with Crippen molar-refractivity contribution in [1.29, 1.82) is 0 Å². The highest BCUT2D eigenvalue weighted by molar-refractivity contribution is 7.15. The summed E-state index contributed by atoms with van der Waals surface area (Å²) in [6.45, 7) is 0.112. The summed E-state index contributed by atoms with van der Waals surface area (Å²) in [7, 11) is 0. The van der Waals surface area contributed by atoms with Crippen LogP contribution in [-0.2, 0) is 6.54 Å². The van der Waals surface area contributed by atoms with Crippen molar-refractivity contribution in [2.24, 2.45) is 0 Å². The minimum Gasteiger partial charge on any atom is -0.419 e. The first-order valence-electron chi connectivity index (χ1n) is 7.64. The molecule has 0 aliphatic heterocycles. The van der Waals surface area contributed by atoms with Crippen LogP contribution in [-0.4, -0.2) is 26.4 Å². The van der Waals surface area contributed by atoms with Gasteiger partial charge in [-0.05, 0) is 37.1 Å². The van der Waals surface area contributed by atoms with E-state index >= 15 is 0 Å². The number of anilines is 1. The van der Waals surface area contributed by atoms with Gasteiger partial charge < -0.3 is 9.73 Å². The van der Waals surface area contributed by atoms with Gasteiger partial charge in [0.05, 0.1) is 6.54 Å². The number of hydrogen-bond donors (Lipinski definition) is 2. The summed E-state index contributed by atoms with van der Waals surface area (Å²) in [5.74, 6) is 1.18. The second kappa shape index (κ2) is 6.77. The molecule has 3 aromatic rings. The number of aromatic nitrogens is 4. The topological polar surface area (TPSA) is 106 Å². The Balaban J connectivity index is 1.31. The molecule has 2 aromatic heterocycles. The lowest BCUT2D eigenvalue weighted by molar-refractivity contribution is 0.250. The van der Waals surface area contributed by atoms with Crippen LogP contribution in [0.3, 0.4) is 0 Å². The van der Waals surface area contributed by atoms with Gasteiger partial charge in [0.15, 0.2) is 0 Å². The number of benzene rings is 1.